The van der Waals surface area contributed by atoms with Crippen molar-refractivity contribution in [1.82, 2.24) is 15.1 Å². The minimum Gasteiger partial charge on any atom is -0.334 e. The molecular weight excluding hydrogens is 309 g/mol. The summed E-state index contributed by atoms with van der Waals surface area (Å²) in [5.74, 6) is 0.264. The Hall–Kier alpha value is -1.36. The van der Waals surface area contributed by atoms with Crippen molar-refractivity contribution in [1.29, 1.82) is 0 Å². The molecule has 0 spiro atoms. The molecule has 4 nitrogen and oxygen atoms in total. The van der Waals surface area contributed by atoms with E-state index >= 15 is 0 Å². The van der Waals surface area contributed by atoms with Gasteiger partial charge in [0.1, 0.15) is 0 Å². The molecule has 1 aromatic carbocycles. The quantitative estimate of drug-likeness (QED) is 0.634. The standard InChI is InChI=1S/C12H6Cl3N3O/c13-12(14,15)11-17-10(18-19-11)8-5-7-3-1-2-4-9(7)16-6-8/h1-6H. The van der Waals surface area contributed by atoms with Crippen molar-refractivity contribution in [2.75, 3.05) is 0 Å². The second-order valence-corrected chi connectivity index (χ2v) is 6.12. The molecular formula is C12H6Cl3N3O. The topological polar surface area (TPSA) is 51.8 Å². The van der Waals surface area contributed by atoms with Crippen molar-refractivity contribution in [3.8, 4) is 11.4 Å². The van der Waals surface area contributed by atoms with E-state index in [0.29, 0.717) is 11.4 Å². The fourth-order valence-corrected chi connectivity index (χ4v) is 1.88. The van der Waals surface area contributed by atoms with Crippen molar-refractivity contribution in [2.45, 2.75) is 3.79 Å². The molecule has 2 aromatic heterocycles. The number of hydrogen-bond donors (Lipinski definition) is 0. The zero-order chi connectivity index (χ0) is 13.5. The molecule has 0 N–H and O–H groups in total. The maximum Gasteiger partial charge on any atom is 0.279 e. The van der Waals surface area contributed by atoms with Crippen molar-refractivity contribution < 1.29 is 4.52 Å². The highest BCUT2D eigenvalue weighted by atomic mass is 35.6. The fraction of sp³-hybridized carbons (Fsp3) is 0.0833. The van der Waals surface area contributed by atoms with E-state index in [1.807, 2.05) is 30.3 Å². The summed E-state index contributed by atoms with van der Waals surface area (Å²) in [6.45, 7) is 0. The number of benzene rings is 1. The van der Waals surface area contributed by atoms with E-state index < -0.39 is 3.79 Å². The summed E-state index contributed by atoms with van der Waals surface area (Å²) < 4.78 is 3.18. The Bertz CT molecular complexity index is 736. The van der Waals surface area contributed by atoms with Gasteiger partial charge in [-0.3, -0.25) is 4.98 Å². The third kappa shape index (κ3) is 2.52. The van der Waals surface area contributed by atoms with E-state index in [2.05, 4.69) is 15.1 Å². The van der Waals surface area contributed by atoms with Crippen LogP contribution in [0.2, 0.25) is 0 Å². The highest BCUT2D eigenvalue weighted by molar-refractivity contribution is 6.66. The minimum atomic E-state index is -1.73. The van der Waals surface area contributed by atoms with Crippen LogP contribution in [0.1, 0.15) is 5.89 Å². The summed E-state index contributed by atoms with van der Waals surface area (Å²) >= 11 is 17.0. The number of fused-ring (bicyclic) bond motifs is 1. The summed E-state index contributed by atoms with van der Waals surface area (Å²) in [5.41, 5.74) is 1.58. The second-order valence-electron chi connectivity index (χ2n) is 3.84. The summed E-state index contributed by atoms with van der Waals surface area (Å²) in [5, 5.41) is 4.75. The monoisotopic (exact) mass is 313 g/mol. The van der Waals surface area contributed by atoms with Gasteiger partial charge in [0.25, 0.3) is 9.68 Å². The van der Waals surface area contributed by atoms with E-state index in [1.54, 1.807) is 6.20 Å². The molecule has 3 aromatic rings. The molecule has 0 saturated carbocycles. The molecule has 19 heavy (non-hydrogen) atoms. The van der Waals surface area contributed by atoms with Crippen LogP contribution in [0.15, 0.2) is 41.1 Å². The van der Waals surface area contributed by atoms with Gasteiger partial charge in [0.15, 0.2) is 0 Å². The van der Waals surface area contributed by atoms with Gasteiger partial charge in [-0.15, -0.1) is 0 Å². The first kappa shape index (κ1) is 12.7. The molecule has 0 saturated heterocycles. The van der Waals surface area contributed by atoms with Crippen molar-refractivity contribution in [3.63, 3.8) is 0 Å². The zero-order valence-corrected chi connectivity index (χ0v) is 11.6. The summed E-state index contributed by atoms with van der Waals surface area (Å²) in [6.07, 6.45) is 1.65. The highest BCUT2D eigenvalue weighted by Crippen LogP contribution is 2.37. The lowest BCUT2D eigenvalue weighted by Crippen LogP contribution is -1.99. The van der Waals surface area contributed by atoms with Crippen LogP contribution >= 0.6 is 34.8 Å². The number of rotatable bonds is 1. The van der Waals surface area contributed by atoms with Gasteiger partial charge in [-0.25, -0.2) is 0 Å². The Morgan fingerprint density at radius 2 is 1.89 bits per heavy atom. The van der Waals surface area contributed by atoms with Crippen LogP contribution in [0.25, 0.3) is 22.3 Å². The lowest BCUT2D eigenvalue weighted by atomic mass is 10.1. The molecule has 0 bridgehead atoms. The molecule has 0 aliphatic heterocycles. The average molecular weight is 315 g/mol. The van der Waals surface area contributed by atoms with Crippen LogP contribution in [0, 0.1) is 0 Å². The first-order valence-electron chi connectivity index (χ1n) is 5.30. The van der Waals surface area contributed by atoms with Crippen molar-refractivity contribution >= 4 is 45.7 Å². The maximum atomic E-state index is 5.67. The SMILES string of the molecule is ClC(Cl)(Cl)c1nc(-c2cnc3ccccc3c2)no1. The molecule has 0 unspecified atom stereocenters. The summed E-state index contributed by atoms with van der Waals surface area (Å²) in [6, 6.07) is 9.61. The van der Waals surface area contributed by atoms with Gasteiger partial charge >= 0.3 is 0 Å². The largest absolute Gasteiger partial charge is 0.334 e. The van der Waals surface area contributed by atoms with Crippen LogP contribution in [-0.4, -0.2) is 15.1 Å². The molecule has 0 atom stereocenters. The Balaban J connectivity index is 2.07. The number of nitrogens with zero attached hydrogens (tertiary/aromatic N) is 3. The number of halogens is 3. The van der Waals surface area contributed by atoms with Crippen LogP contribution in [0.5, 0.6) is 0 Å². The lowest BCUT2D eigenvalue weighted by Gasteiger charge is -2.01. The van der Waals surface area contributed by atoms with Crippen LogP contribution in [-0.2, 0) is 3.79 Å². The molecule has 0 aliphatic rings. The minimum absolute atomic E-state index is 0.0688. The average Bonchev–Trinajstić information content (AvgIpc) is 2.87. The fourth-order valence-electron chi connectivity index (χ4n) is 1.65. The molecule has 96 valence electrons. The number of pyridine rings is 1. The second kappa shape index (κ2) is 4.63. The molecule has 3 rings (SSSR count). The zero-order valence-electron chi connectivity index (χ0n) is 9.35. The number of aromatic nitrogens is 3. The number of para-hydroxylation sites is 1. The molecule has 7 heteroatoms. The van der Waals surface area contributed by atoms with E-state index in [1.165, 1.54) is 0 Å². The third-order valence-electron chi connectivity index (χ3n) is 2.52. The first-order valence-corrected chi connectivity index (χ1v) is 6.43. The Kier molecular flexibility index (Phi) is 3.09. The van der Waals surface area contributed by atoms with Gasteiger partial charge in [0, 0.05) is 17.1 Å². The Morgan fingerprint density at radius 3 is 2.63 bits per heavy atom. The molecule has 2 heterocycles. The van der Waals surface area contributed by atoms with E-state index in [0.717, 1.165) is 10.9 Å². The smallest absolute Gasteiger partial charge is 0.279 e. The van der Waals surface area contributed by atoms with Gasteiger partial charge < -0.3 is 4.52 Å². The highest BCUT2D eigenvalue weighted by Gasteiger charge is 2.30. The third-order valence-corrected chi connectivity index (χ3v) is 3.00. The summed E-state index contributed by atoms with van der Waals surface area (Å²) in [4.78, 5) is 8.35. The Morgan fingerprint density at radius 1 is 1.11 bits per heavy atom. The van der Waals surface area contributed by atoms with Crippen molar-refractivity contribution in [3.05, 3.63) is 42.4 Å². The van der Waals surface area contributed by atoms with Gasteiger partial charge in [0.2, 0.25) is 5.82 Å². The molecule has 0 fully saturated rings. The van der Waals surface area contributed by atoms with Gasteiger partial charge in [0.05, 0.1) is 5.52 Å². The van der Waals surface area contributed by atoms with Gasteiger partial charge in [-0.05, 0) is 12.1 Å². The molecule has 0 amide bonds. The normalized spacial score (nSPS) is 11.9. The molecule has 0 radical (unpaired) electrons. The van der Waals surface area contributed by atoms with Gasteiger partial charge in [-0.1, -0.05) is 58.2 Å². The predicted octanol–water partition coefficient (Wildman–Crippen LogP) is 4.11. The van der Waals surface area contributed by atoms with E-state index in [-0.39, 0.29) is 5.89 Å². The number of hydrogen-bond acceptors (Lipinski definition) is 4. The number of alkyl halides is 3. The predicted molar refractivity (Wildman–Crippen MR) is 74.3 cm³/mol. The van der Waals surface area contributed by atoms with Crippen LogP contribution < -0.4 is 0 Å². The van der Waals surface area contributed by atoms with Gasteiger partial charge in [-0.2, -0.15) is 4.98 Å². The van der Waals surface area contributed by atoms with Crippen LogP contribution in [0.3, 0.4) is 0 Å². The first-order chi connectivity index (χ1) is 9.04. The lowest BCUT2D eigenvalue weighted by molar-refractivity contribution is 0.383. The Labute approximate surface area is 123 Å². The summed E-state index contributed by atoms with van der Waals surface area (Å²) in [7, 11) is 0. The van der Waals surface area contributed by atoms with E-state index in [4.69, 9.17) is 39.3 Å². The van der Waals surface area contributed by atoms with E-state index in [9.17, 15) is 0 Å². The van der Waals surface area contributed by atoms with Crippen LogP contribution in [0.4, 0.5) is 0 Å². The maximum absolute atomic E-state index is 5.67. The molecule has 0 aliphatic carbocycles. The van der Waals surface area contributed by atoms with Crippen molar-refractivity contribution in [2.24, 2.45) is 0 Å².